The molecule has 1 amide bonds. The van der Waals surface area contributed by atoms with Crippen LogP contribution in [-0.2, 0) is 17.9 Å². The van der Waals surface area contributed by atoms with Crippen molar-refractivity contribution in [3.63, 3.8) is 0 Å². The molecule has 1 aliphatic rings. The van der Waals surface area contributed by atoms with Crippen molar-refractivity contribution in [1.82, 2.24) is 20.0 Å². The SMILES string of the molecule is C=CCn1cc(CN2C[C@H](N)C[C@H]2C(=O)NC(C)C)c(C)n1. The van der Waals surface area contributed by atoms with E-state index < -0.39 is 0 Å². The van der Waals surface area contributed by atoms with E-state index in [-0.39, 0.29) is 24.0 Å². The first-order chi connectivity index (χ1) is 10.4. The smallest absolute Gasteiger partial charge is 0.237 e. The number of allylic oxidation sites excluding steroid dienone is 1. The number of rotatable bonds is 6. The first-order valence-electron chi connectivity index (χ1n) is 7.84. The van der Waals surface area contributed by atoms with Crippen LogP contribution in [0.25, 0.3) is 0 Å². The average molecular weight is 305 g/mol. The molecule has 1 fully saturated rings. The van der Waals surface area contributed by atoms with Crippen molar-refractivity contribution in [3.05, 3.63) is 30.1 Å². The van der Waals surface area contributed by atoms with Crippen LogP contribution < -0.4 is 11.1 Å². The summed E-state index contributed by atoms with van der Waals surface area (Å²) in [4.78, 5) is 14.5. The first-order valence-corrected chi connectivity index (χ1v) is 7.84. The van der Waals surface area contributed by atoms with E-state index in [1.54, 1.807) is 0 Å². The zero-order valence-corrected chi connectivity index (χ0v) is 13.7. The zero-order valence-electron chi connectivity index (χ0n) is 13.7. The van der Waals surface area contributed by atoms with Gasteiger partial charge in [-0.15, -0.1) is 6.58 Å². The second kappa shape index (κ2) is 7.07. The number of nitrogens with one attached hydrogen (secondary N) is 1. The molecule has 0 bridgehead atoms. The van der Waals surface area contributed by atoms with E-state index in [9.17, 15) is 4.79 Å². The maximum absolute atomic E-state index is 12.4. The van der Waals surface area contributed by atoms with Gasteiger partial charge in [0.05, 0.1) is 18.3 Å². The second-order valence-electron chi connectivity index (χ2n) is 6.35. The summed E-state index contributed by atoms with van der Waals surface area (Å²) in [5.41, 5.74) is 8.20. The summed E-state index contributed by atoms with van der Waals surface area (Å²) in [7, 11) is 0. The highest BCUT2D eigenvalue weighted by molar-refractivity contribution is 5.82. The minimum atomic E-state index is -0.153. The lowest BCUT2D eigenvalue weighted by atomic mass is 10.1. The van der Waals surface area contributed by atoms with Crippen LogP contribution in [0.2, 0.25) is 0 Å². The zero-order chi connectivity index (χ0) is 16.3. The van der Waals surface area contributed by atoms with Gasteiger partial charge in [0.1, 0.15) is 0 Å². The summed E-state index contributed by atoms with van der Waals surface area (Å²) >= 11 is 0. The van der Waals surface area contributed by atoms with E-state index >= 15 is 0 Å². The van der Waals surface area contributed by atoms with Crippen molar-refractivity contribution >= 4 is 5.91 Å². The van der Waals surface area contributed by atoms with E-state index in [1.165, 1.54) is 0 Å². The molecule has 0 aromatic carbocycles. The topological polar surface area (TPSA) is 76.2 Å². The molecule has 122 valence electrons. The number of hydrogen-bond donors (Lipinski definition) is 2. The second-order valence-corrected chi connectivity index (χ2v) is 6.35. The number of aromatic nitrogens is 2. The Morgan fingerprint density at radius 1 is 1.64 bits per heavy atom. The van der Waals surface area contributed by atoms with Crippen LogP contribution in [0.15, 0.2) is 18.9 Å². The summed E-state index contributed by atoms with van der Waals surface area (Å²) in [6.45, 7) is 11.8. The molecule has 22 heavy (non-hydrogen) atoms. The molecule has 0 aliphatic carbocycles. The Kier molecular flexibility index (Phi) is 5.37. The number of amides is 1. The minimum Gasteiger partial charge on any atom is -0.353 e. The van der Waals surface area contributed by atoms with E-state index in [1.807, 2.05) is 37.7 Å². The lowest BCUT2D eigenvalue weighted by molar-refractivity contribution is -0.126. The van der Waals surface area contributed by atoms with Gasteiger partial charge in [0.2, 0.25) is 5.91 Å². The van der Waals surface area contributed by atoms with E-state index in [0.717, 1.165) is 17.8 Å². The molecular formula is C16H27N5O. The Balaban J connectivity index is 2.09. The van der Waals surface area contributed by atoms with Crippen LogP contribution in [0.5, 0.6) is 0 Å². The van der Waals surface area contributed by atoms with Gasteiger partial charge in [0.15, 0.2) is 0 Å². The normalized spacial score (nSPS) is 22.2. The van der Waals surface area contributed by atoms with Crippen LogP contribution in [0, 0.1) is 6.92 Å². The summed E-state index contributed by atoms with van der Waals surface area (Å²) in [5.74, 6) is 0.0686. The predicted molar refractivity (Wildman–Crippen MR) is 87.2 cm³/mol. The molecule has 6 heteroatoms. The van der Waals surface area contributed by atoms with Crippen molar-refractivity contribution in [1.29, 1.82) is 0 Å². The number of nitrogens with two attached hydrogens (primary N) is 1. The predicted octanol–water partition coefficient (Wildman–Crippen LogP) is 0.804. The van der Waals surface area contributed by atoms with Crippen LogP contribution in [0.1, 0.15) is 31.5 Å². The monoisotopic (exact) mass is 305 g/mol. The Labute approximate surface area is 132 Å². The van der Waals surface area contributed by atoms with Gasteiger partial charge in [-0.05, 0) is 27.2 Å². The molecule has 3 N–H and O–H groups in total. The fourth-order valence-electron chi connectivity index (χ4n) is 2.93. The fraction of sp³-hybridized carbons (Fsp3) is 0.625. The molecule has 0 radical (unpaired) electrons. The third-order valence-corrected chi connectivity index (χ3v) is 3.91. The van der Waals surface area contributed by atoms with Crippen LogP contribution in [0.3, 0.4) is 0 Å². The molecule has 6 nitrogen and oxygen atoms in total. The molecule has 1 aliphatic heterocycles. The molecule has 1 aromatic rings. The summed E-state index contributed by atoms with van der Waals surface area (Å²) in [5, 5.41) is 7.46. The highest BCUT2D eigenvalue weighted by atomic mass is 16.2. The summed E-state index contributed by atoms with van der Waals surface area (Å²) in [6, 6.07) is 0.0363. The van der Waals surface area contributed by atoms with E-state index in [2.05, 4.69) is 21.9 Å². The van der Waals surface area contributed by atoms with Crippen LogP contribution >= 0.6 is 0 Å². The molecule has 1 aromatic heterocycles. The highest BCUT2D eigenvalue weighted by Crippen LogP contribution is 2.21. The van der Waals surface area contributed by atoms with Gasteiger partial charge in [0, 0.05) is 36.9 Å². The Hall–Kier alpha value is -1.66. The molecule has 2 rings (SSSR count). The number of carbonyl (C=O) groups excluding carboxylic acids is 1. The van der Waals surface area contributed by atoms with Gasteiger partial charge in [-0.25, -0.2) is 0 Å². The lowest BCUT2D eigenvalue weighted by Crippen LogP contribution is -2.45. The lowest BCUT2D eigenvalue weighted by Gasteiger charge is -2.24. The number of aryl methyl sites for hydroxylation is 1. The molecule has 2 heterocycles. The van der Waals surface area contributed by atoms with E-state index in [4.69, 9.17) is 5.73 Å². The number of nitrogens with zero attached hydrogens (tertiary/aromatic N) is 3. The van der Waals surface area contributed by atoms with Gasteiger partial charge in [-0.3, -0.25) is 14.4 Å². The molecular weight excluding hydrogens is 278 g/mol. The van der Waals surface area contributed by atoms with E-state index in [0.29, 0.717) is 19.5 Å². The number of hydrogen-bond acceptors (Lipinski definition) is 4. The Morgan fingerprint density at radius 2 is 2.36 bits per heavy atom. The molecule has 2 atom stereocenters. The van der Waals surface area contributed by atoms with Gasteiger partial charge in [-0.2, -0.15) is 5.10 Å². The molecule has 0 unspecified atom stereocenters. The van der Waals surface area contributed by atoms with Gasteiger partial charge >= 0.3 is 0 Å². The average Bonchev–Trinajstić information content (AvgIpc) is 2.93. The quantitative estimate of drug-likeness (QED) is 0.762. The van der Waals surface area contributed by atoms with Crippen molar-refractivity contribution < 1.29 is 4.79 Å². The Bertz CT molecular complexity index is 537. The summed E-state index contributed by atoms with van der Waals surface area (Å²) in [6.07, 6.45) is 4.55. The standard InChI is InChI=1S/C16H27N5O/c1-5-6-21-9-13(12(4)19-21)8-20-10-14(17)7-15(20)16(22)18-11(2)3/h5,9,11,14-15H,1,6-8,10,17H2,2-4H3,(H,18,22)/t14-,15+/m1/s1. The maximum Gasteiger partial charge on any atom is 0.237 e. The number of carbonyl (C=O) groups is 1. The van der Waals surface area contributed by atoms with Crippen molar-refractivity contribution in [3.8, 4) is 0 Å². The highest BCUT2D eigenvalue weighted by Gasteiger charge is 2.35. The van der Waals surface area contributed by atoms with Crippen LogP contribution in [0.4, 0.5) is 0 Å². The molecule has 0 saturated carbocycles. The summed E-state index contributed by atoms with van der Waals surface area (Å²) < 4.78 is 1.87. The molecule has 0 spiro atoms. The maximum atomic E-state index is 12.4. The van der Waals surface area contributed by atoms with Crippen molar-refractivity contribution in [2.45, 2.75) is 58.4 Å². The van der Waals surface area contributed by atoms with Crippen molar-refractivity contribution in [2.24, 2.45) is 5.73 Å². The Morgan fingerprint density at radius 3 is 3.00 bits per heavy atom. The van der Waals surface area contributed by atoms with Gasteiger partial charge in [-0.1, -0.05) is 6.08 Å². The molecule has 1 saturated heterocycles. The van der Waals surface area contributed by atoms with Crippen molar-refractivity contribution in [2.75, 3.05) is 6.54 Å². The third kappa shape index (κ3) is 3.96. The van der Waals surface area contributed by atoms with Crippen LogP contribution in [-0.4, -0.2) is 45.3 Å². The largest absolute Gasteiger partial charge is 0.353 e. The minimum absolute atomic E-state index is 0.0476. The first kappa shape index (κ1) is 16.7. The number of likely N-dealkylation sites (tertiary alicyclic amines) is 1. The fourth-order valence-corrected chi connectivity index (χ4v) is 2.93. The van der Waals surface area contributed by atoms with Gasteiger partial charge in [0.25, 0.3) is 0 Å². The van der Waals surface area contributed by atoms with Gasteiger partial charge < -0.3 is 11.1 Å². The third-order valence-electron chi connectivity index (χ3n) is 3.91.